The maximum Gasteiger partial charge on any atom is 0.257 e. The number of amides is 1. The van der Waals surface area contributed by atoms with Crippen LogP contribution in [0.4, 0.5) is 0 Å². The van der Waals surface area contributed by atoms with E-state index in [1.165, 1.54) is 0 Å². The van der Waals surface area contributed by atoms with Gasteiger partial charge in [0.05, 0.1) is 18.8 Å². The van der Waals surface area contributed by atoms with Gasteiger partial charge in [-0.1, -0.05) is 0 Å². The normalized spacial score (nSPS) is 34.7. The van der Waals surface area contributed by atoms with Gasteiger partial charge in [0.2, 0.25) is 0 Å². The highest BCUT2D eigenvalue weighted by molar-refractivity contribution is 6.07. The van der Waals surface area contributed by atoms with Crippen molar-refractivity contribution in [2.24, 2.45) is 5.41 Å². The molecule has 0 spiro atoms. The molecule has 0 aromatic carbocycles. The van der Waals surface area contributed by atoms with Gasteiger partial charge in [0, 0.05) is 13.5 Å². The highest BCUT2D eigenvalue weighted by Crippen LogP contribution is 2.51. The molecule has 0 atom stereocenters. The second-order valence-electron chi connectivity index (χ2n) is 5.07. The fourth-order valence-corrected chi connectivity index (χ4v) is 2.94. The number of ketones is 1. The van der Waals surface area contributed by atoms with Crippen LogP contribution in [0.3, 0.4) is 0 Å². The summed E-state index contributed by atoms with van der Waals surface area (Å²) in [7, 11) is 1.62. The van der Waals surface area contributed by atoms with Gasteiger partial charge in [0.1, 0.15) is 5.41 Å². The molecule has 2 N–H and O–H groups in total. The Morgan fingerprint density at radius 2 is 2.06 bits per heavy atom. The molecule has 3 rings (SSSR count). The molecular formula is C12H19NO5. The Balaban J connectivity index is 2.04. The van der Waals surface area contributed by atoms with Gasteiger partial charge in [-0.15, -0.1) is 0 Å². The number of nitrogens with one attached hydrogen (secondary N) is 1. The fourth-order valence-electron chi connectivity index (χ4n) is 2.94. The minimum Gasteiger partial charge on any atom is -0.394 e. The topological polar surface area (TPSA) is 84.9 Å². The monoisotopic (exact) mass is 257 g/mol. The van der Waals surface area contributed by atoms with Gasteiger partial charge in [0.15, 0.2) is 5.78 Å². The summed E-state index contributed by atoms with van der Waals surface area (Å²) in [6, 6.07) is 0. The number of hydroxylamine groups is 1. The van der Waals surface area contributed by atoms with Crippen molar-refractivity contribution in [2.45, 2.75) is 37.7 Å². The highest BCUT2D eigenvalue weighted by atomic mass is 16.7. The van der Waals surface area contributed by atoms with Crippen molar-refractivity contribution in [3.05, 3.63) is 0 Å². The van der Waals surface area contributed by atoms with Crippen molar-refractivity contribution in [1.29, 1.82) is 0 Å². The van der Waals surface area contributed by atoms with E-state index in [1.807, 2.05) is 0 Å². The SMILES string of the molecule is COC12CCC(C(=O)NOCCO)(CC1)C(=O)C2. The van der Waals surface area contributed by atoms with Crippen LogP contribution >= 0.6 is 0 Å². The van der Waals surface area contributed by atoms with Crippen LogP contribution in [-0.4, -0.2) is 42.7 Å². The summed E-state index contributed by atoms with van der Waals surface area (Å²) >= 11 is 0. The lowest BCUT2D eigenvalue weighted by molar-refractivity contribution is -0.173. The van der Waals surface area contributed by atoms with E-state index in [1.54, 1.807) is 7.11 Å². The van der Waals surface area contributed by atoms with Gasteiger partial charge in [-0.25, -0.2) is 5.48 Å². The molecule has 0 radical (unpaired) electrons. The van der Waals surface area contributed by atoms with Gasteiger partial charge < -0.3 is 9.84 Å². The predicted octanol–water partition coefficient (Wildman–Crippen LogP) is -0.0551. The number of fused-ring (bicyclic) bond motifs is 3. The zero-order valence-electron chi connectivity index (χ0n) is 10.5. The molecular weight excluding hydrogens is 238 g/mol. The first-order chi connectivity index (χ1) is 8.58. The lowest BCUT2D eigenvalue weighted by atomic mass is 9.57. The molecule has 18 heavy (non-hydrogen) atoms. The summed E-state index contributed by atoms with van der Waals surface area (Å²) in [5.41, 5.74) is 0.965. The first-order valence-corrected chi connectivity index (χ1v) is 6.20. The van der Waals surface area contributed by atoms with Crippen LogP contribution in [0.25, 0.3) is 0 Å². The van der Waals surface area contributed by atoms with Crippen molar-refractivity contribution in [3.8, 4) is 0 Å². The quantitative estimate of drug-likeness (QED) is 0.409. The zero-order chi connectivity index (χ0) is 13.2. The number of ether oxygens (including phenoxy) is 1. The summed E-state index contributed by atoms with van der Waals surface area (Å²) in [6.45, 7) is -0.147. The number of hydrogen-bond donors (Lipinski definition) is 2. The molecule has 3 aliphatic rings. The van der Waals surface area contributed by atoms with Crippen LogP contribution in [0.15, 0.2) is 0 Å². The van der Waals surface area contributed by atoms with Crippen molar-refractivity contribution in [3.63, 3.8) is 0 Å². The lowest BCUT2D eigenvalue weighted by Gasteiger charge is -2.49. The first-order valence-electron chi connectivity index (χ1n) is 6.20. The maximum absolute atomic E-state index is 12.2. The average molecular weight is 257 g/mol. The molecule has 0 aromatic rings. The first kappa shape index (κ1) is 13.5. The molecule has 3 aliphatic carbocycles. The molecule has 1 amide bonds. The molecule has 102 valence electrons. The molecule has 6 heteroatoms. The van der Waals surface area contributed by atoms with E-state index in [2.05, 4.69) is 5.48 Å². The van der Waals surface area contributed by atoms with E-state index in [-0.39, 0.29) is 30.5 Å². The van der Waals surface area contributed by atoms with E-state index >= 15 is 0 Å². The molecule has 0 aliphatic heterocycles. The highest BCUT2D eigenvalue weighted by Gasteiger charge is 2.58. The summed E-state index contributed by atoms with van der Waals surface area (Å²) in [5.74, 6) is -0.447. The van der Waals surface area contributed by atoms with Crippen LogP contribution < -0.4 is 5.48 Å². The Labute approximate surface area is 106 Å². The minimum atomic E-state index is -0.949. The fraction of sp³-hybridized carbons (Fsp3) is 0.833. The molecule has 0 unspecified atom stereocenters. The Morgan fingerprint density at radius 3 is 2.56 bits per heavy atom. The largest absolute Gasteiger partial charge is 0.394 e. The number of carbonyl (C=O) groups is 2. The lowest BCUT2D eigenvalue weighted by Crippen LogP contribution is -2.59. The van der Waals surface area contributed by atoms with E-state index in [9.17, 15) is 9.59 Å². The molecule has 0 heterocycles. The van der Waals surface area contributed by atoms with Crippen LogP contribution in [-0.2, 0) is 19.2 Å². The second-order valence-corrected chi connectivity index (χ2v) is 5.07. The van der Waals surface area contributed by atoms with E-state index in [0.717, 1.165) is 12.8 Å². The van der Waals surface area contributed by atoms with Crippen molar-refractivity contribution in [1.82, 2.24) is 5.48 Å². The van der Waals surface area contributed by atoms with Crippen molar-refractivity contribution < 1.29 is 24.3 Å². The van der Waals surface area contributed by atoms with Gasteiger partial charge in [0.25, 0.3) is 5.91 Å². The number of hydrogen-bond acceptors (Lipinski definition) is 5. The Hall–Kier alpha value is -0.980. The smallest absolute Gasteiger partial charge is 0.257 e. The maximum atomic E-state index is 12.2. The Bertz CT molecular complexity index is 346. The Kier molecular flexibility index (Phi) is 3.70. The standard InChI is InChI=1S/C12H19NO5/c1-17-11-2-4-12(5-3-11,9(15)8-11)10(16)13-18-7-6-14/h14H,2-8H2,1H3,(H,13,16). The summed E-state index contributed by atoms with van der Waals surface area (Å²) in [6.07, 6.45) is 2.77. The van der Waals surface area contributed by atoms with E-state index in [4.69, 9.17) is 14.7 Å². The minimum absolute atomic E-state index is 0.0258. The summed E-state index contributed by atoms with van der Waals surface area (Å²) < 4.78 is 5.44. The van der Waals surface area contributed by atoms with Gasteiger partial charge >= 0.3 is 0 Å². The van der Waals surface area contributed by atoms with Crippen LogP contribution in [0.2, 0.25) is 0 Å². The van der Waals surface area contributed by atoms with Gasteiger partial charge in [-0.3, -0.25) is 14.4 Å². The molecule has 3 saturated carbocycles. The number of rotatable bonds is 5. The van der Waals surface area contributed by atoms with Crippen LogP contribution in [0.5, 0.6) is 0 Å². The molecule has 2 bridgehead atoms. The number of carbonyl (C=O) groups excluding carboxylic acids is 2. The van der Waals surface area contributed by atoms with E-state index in [0.29, 0.717) is 19.3 Å². The predicted molar refractivity (Wildman–Crippen MR) is 61.4 cm³/mol. The van der Waals surface area contributed by atoms with E-state index < -0.39 is 5.41 Å². The van der Waals surface area contributed by atoms with Crippen molar-refractivity contribution >= 4 is 11.7 Å². The van der Waals surface area contributed by atoms with Crippen LogP contribution in [0.1, 0.15) is 32.1 Å². The Morgan fingerprint density at radius 1 is 1.39 bits per heavy atom. The number of Topliss-reactive ketones (excluding diaryl/α,β-unsaturated/α-hetero) is 1. The third-order valence-corrected chi connectivity index (χ3v) is 4.26. The van der Waals surface area contributed by atoms with Gasteiger partial charge in [-0.2, -0.15) is 0 Å². The number of methoxy groups -OCH3 is 1. The molecule has 0 aromatic heterocycles. The average Bonchev–Trinajstić information content (AvgIpc) is 2.40. The number of aliphatic hydroxyl groups is 1. The van der Waals surface area contributed by atoms with Gasteiger partial charge in [-0.05, 0) is 25.7 Å². The van der Waals surface area contributed by atoms with Crippen molar-refractivity contribution in [2.75, 3.05) is 20.3 Å². The van der Waals surface area contributed by atoms with Crippen LogP contribution in [0, 0.1) is 5.41 Å². The number of aliphatic hydroxyl groups excluding tert-OH is 1. The zero-order valence-corrected chi connectivity index (χ0v) is 10.5. The summed E-state index contributed by atoms with van der Waals surface area (Å²) in [4.78, 5) is 29.1. The third kappa shape index (κ3) is 2.04. The molecule has 0 saturated heterocycles. The third-order valence-electron chi connectivity index (χ3n) is 4.26. The molecule has 3 fully saturated rings. The summed E-state index contributed by atoms with van der Waals surface area (Å²) in [5, 5.41) is 8.58. The molecule has 6 nitrogen and oxygen atoms in total. The second kappa shape index (κ2) is 4.95.